The summed E-state index contributed by atoms with van der Waals surface area (Å²) in [7, 11) is 1.44. The molecule has 0 radical (unpaired) electrons. The van der Waals surface area contributed by atoms with Crippen molar-refractivity contribution in [1.29, 1.82) is 5.26 Å². The number of methoxy groups -OCH3 is 2. The van der Waals surface area contributed by atoms with Crippen molar-refractivity contribution < 1.29 is 37.5 Å². The third-order valence-corrected chi connectivity index (χ3v) is 12.2. The minimum atomic E-state index is -1.81. The summed E-state index contributed by atoms with van der Waals surface area (Å²) in [6, 6.07) is 27.7. The highest BCUT2D eigenvalue weighted by atomic mass is 31.2. The molecule has 1 fully saturated rings. The van der Waals surface area contributed by atoms with Gasteiger partial charge in [-0.05, 0) is 68.7 Å². The minimum absolute atomic E-state index is 0.00320. The second kappa shape index (κ2) is 20.9. The molecule has 0 aliphatic carbocycles. The van der Waals surface area contributed by atoms with Crippen molar-refractivity contribution in [1.82, 2.24) is 24.2 Å². The Balaban J connectivity index is 1.51. The molecule has 2 aromatic heterocycles. The maximum Gasteiger partial charge on any atom is 0.259 e. The molecule has 1 N–H and O–H groups in total. The predicted molar refractivity (Wildman–Crippen MR) is 230 cm³/mol. The molecule has 0 spiro atoms. The van der Waals surface area contributed by atoms with Crippen molar-refractivity contribution in [3.63, 3.8) is 0 Å². The monoisotopic (exact) mass is 849 g/mol. The van der Waals surface area contributed by atoms with Crippen LogP contribution in [0.25, 0.3) is 11.2 Å². The lowest BCUT2D eigenvalue weighted by atomic mass is 9.80. The van der Waals surface area contributed by atoms with Gasteiger partial charge in [0.15, 0.2) is 23.2 Å². The van der Waals surface area contributed by atoms with E-state index in [-0.39, 0.29) is 50.1 Å². The van der Waals surface area contributed by atoms with Crippen LogP contribution in [0.4, 0.5) is 5.82 Å². The highest BCUT2D eigenvalue weighted by Crippen LogP contribution is 2.51. The average Bonchev–Trinajstić information content (AvgIpc) is 3.85. The van der Waals surface area contributed by atoms with E-state index in [1.54, 1.807) is 25.1 Å². The molecule has 16 heteroatoms. The lowest BCUT2D eigenvalue weighted by molar-refractivity contribution is -0.114. The van der Waals surface area contributed by atoms with Gasteiger partial charge in [-0.3, -0.25) is 9.36 Å². The minimum Gasteiger partial charge on any atom is -0.497 e. The number of hydrogen-bond acceptors (Lipinski definition) is 13. The molecule has 15 nitrogen and oxygen atoms in total. The van der Waals surface area contributed by atoms with E-state index in [9.17, 15) is 10.1 Å². The first-order chi connectivity index (χ1) is 29.6. The Bertz CT molecular complexity index is 2220. The van der Waals surface area contributed by atoms with E-state index >= 15 is 0 Å². The number of carbonyl (C=O) groups excluding carboxylic acids is 1. The Hall–Kier alpha value is -5.48. The molecule has 1 saturated heterocycles. The van der Waals surface area contributed by atoms with Crippen LogP contribution in [0.5, 0.6) is 11.5 Å². The molecular formula is C45H52N7O8P. The van der Waals surface area contributed by atoms with Gasteiger partial charge in [-0.2, -0.15) is 5.26 Å². The molecular weight excluding hydrogens is 798 g/mol. The molecule has 6 rings (SSSR count). The molecule has 320 valence electrons. The molecule has 0 saturated carbocycles. The Kier molecular flexibility index (Phi) is 15.4. The van der Waals surface area contributed by atoms with Gasteiger partial charge in [-0.25, -0.2) is 19.6 Å². The lowest BCUT2D eigenvalue weighted by Crippen LogP contribution is -2.43. The first-order valence-electron chi connectivity index (χ1n) is 19.9. The van der Waals surface area contributed by atoms with Gasteiger partial charge in [0.1, 0.15) is 48.3 Å². The van der Waals surface area contributed by atoms with Crippen LogP contribution < -0.4 is 14.8 Å². The third kappa shape index (κ3) is 10.0. The van der Waals surface area contributed by atoms with Crippen LogP contribution in [0.3, 0.4) is 0 Å². The summed E-state index contributed by atoms with van der Waals surface area (Å²) in [6.45, 7) is 9.69. The zero-order chi connectivity index (χ0) is 43.5. The second-order valence-corrected chi connectivity index (χ2v) is 16.1. The highest BCUT2D eigenvalue weighted by Gasteiger charge is 2.51. The molecule has 5 atom stereocenters. The van der Waals surface area contributed by atoms with Gasteiger partial charge in [0.05, 0.1) is 46.3 Å². The van der Waals surface area contributed by atoms with Gasteiger partial charge >= 0.3 is 0 Å². The molecule has 2 unspecified atom stereocenters. The fraction of sp³-hybridized carbons (Fsp3) is 0.400. The van der Waals surface area contributed by atoms with Crippen LogP contribution in [0.2, 0.25) is 0 Å². The van der Waals surface area contributed by atoms with Crippen LogP contribution in [-0.4, -0.2) is 94.5 Å². The van der Waals surface area contributed by atoms with Gasteiger partial charge in [0.25, 0.3) is 8.53 Å². The van der Waals surface area contributed by atoms with Crippen molar-refractivity contribution in [2.24, 2.45) is 0 Å². The quantitative estimate of drug-likeness (QED) is 0.0357. The number of nitrogens with one attached hydrogen (secondary N) is 1. The summed E-state index contributed by atoms with van der Waals surface area (Å²) >= 11 is 0. The van der Waals surface area contributed by atoms with Crippen LogP contribution in [0, 0.1) is 23.7 Å². The van der Waals surface area contributed by atoms with Gasteiger partial charge in [-0.15, -0.1) is 6.42 Å². The van der Waals surface area contributed by atoms with E-state index in [1.807, 2.05) is 78.9 Å². The lowest BCUT2D eigenvalue weighted by Gasteiger charge is -2.39. The second-order valence-electron chi connectivity index (χ2n) is 14.7. The summed E-state index contributed by atoms with van der Waals surface area (Å²) in [4.78, 5) is 25.5. The maximum absolute atomic E-state index is 12.1. The van der Waals surface area contributed by atoms with E-state index in [0.29, 0.717) is 22.7 Å². The van der Waals surface area contributed by atoms with Crippen LogP contribution >= 0.6 is 8.53 Å². The number of nitriles is 1. The summed E-state index contributed by atoms with van der Waals surface area (Å²) in [5.74, 6) is 3.91. The normalized spacial score (nSPS) is 18.3. The largest absolute Gasteiger partial charge is 0.497 e. The first kappa shape index (κ1) is 45.1. The van der Waals surface area contributed by atoms with E-state index in [2.05, 4.69) is 64.6 Å². The van der Waals surface area contributed by atoms with Gasteiger partial charge in [0, 0.05) is 19.0 Å². The fourth-order valence-corrected chi connectivity index (χ4v) is 9.26. The topological polar surface area (TPSA) is 164 Å². The molecule has 3 aromatic carbocycles. The van der Waals surface area contributed by atoms with Crippen LogP contribution in [0.1, 0.15) is 64.0 Å². The van der Waals surface area contributed by atoms with Gasteiger partial charge < -0.3 is 38.0 Å². The number of imidazole rings is 1. The zero-order valence-electron chi connectivity index (χ0n) is 35.4. The van der Waals surface area contributed by atoms with Crippen molar-refractivity contribution >= 4 is 31.4 Å². The molecule has 1 amide bonds. The Labute approximate surface area is 358 Å². The number of aromatic nitrogens is 4. The van der Waals surface area contributed by atoms with Crippen molar-refractivity contribution in [3.8, 4) is 29.9 Å². The number of amides is 1. The number of carbonyl (C=O) groups is 1. The number of terminal acetylenes is 1. The standard InChI is InChI=1S/C45H52N7O8P/c1-9-25-56-41-40(60-61(58-26-13-24-46)52(30(2)3)31(4)5)38(59-44(41)51-29-49-39-42(50-32(6)53)47-28-48-43(39)51)27-57-45(33-14-11-10-12-15-33,34-16-20-36(54-7)21-17-34)35-18-22-37(55-8)23-19-35/h1,10-12,14-23,28-31,38,40-41,44H,13,25-27H2,2-8H3,(H,47,48,50,53)/t38-,40+,41?,44-,61?/m1/s1. The zero-order valence-corrected chi connectivity index (χ0v) is 36.3. The number of nitrogens with zero attached hydrogens (tertiary/aromatic N) is 6. The van der Waals surface area contributed by atoms with Gasteiger partial charge in [0.2, 0.25) is 5.91 Å². The van der Waals surface area contributed by atoms with Crippen LogP contribution in [-0.2, 0) is 33.7 Å². The average molecular weight is 850 g/mol. The van der Waals surface area contributed by atoms with E-state index in [0.717, 1.165) is 16.7 Å². The van der Waals surface area contributed by atoms with Gasteiger partial charge in [-0.1, -0.05) is 60.5 Å². The van der Waals surface area contributed by atoms with Crippen LogP contribution in [0.15, 0.2) is 91.5 Å². The Morgan fingerprint density at radius 2 is 1.56 bits per heavy atom. The molecule has 61 heavy (non-hydrogen) atoms. The van der Waals surface area contributed by atoms with Crippen molar-refractivity contribution in [2.75, 3.05) is 39.4 Å². The SMILES string of the molecule is C#CCOC1[C@@H](OP(OCCC#N)N(C(C)C)C(C)C)[C@@H](COC(c2ccccc2)(c2ccc(OC)cc2)c2ccc(OC)cc2)O[C@H]1n1cnc2c(NC(C)=O)ncnc21. The number of benzene rings is 3. The molecule has 1 aliphatic rings. The molecule has 0 bridgehead atoms. The maximum atomic E-state index is 12.1. The number of fused-ring (bicyclic) bond motifs is 1. The molecule has 1 aliphatic heterocycles. The van der Waals surface area contributed by atoms with E-state index < -0.39 is 38.7 Å². The molecule has 3 heterocycles. The summed E-state index contributed by atoms with van der Waals surface area (Å²) in [6.07, 6.45) is 5.44. The highest BCUT2D eigenvalue weighted by molar-refractivity contribution is 7.44. The summed E-state index contributed by atoms with van der Waals surface area (Å²) in [5, 5.41) is 12.2. The first-order valence-corrected chi connectivity index (χ1v) is 21.1. The predicted octanol–water partition coefficient (Wildman–Crippen LogP) is 7.39. The number of rotatable bonds is 20. The van der Waals surface area contributed by atoms with Crippen molar-refractivity contribution in [3.05, 3.63) is 108 Å². The third-order valence-electron chi connectivity index (χ3n) is 10.1. The fourth-order valence-electron chi connectivity index (χ4n) is 7.49. The number of anilines is 1. The number of ether oxygens (including phenoxy) is 5. The van der Waals surface area contributed by atoms with E-state index in [1.165, 1.54) is 13.3 Å². The smallest absolute Gasteiger partial charge is 0.259 e. The Morgan fingerprint density at radius 1 is 0.934 bits per heavy atom. The summed E-state index contributed by atoms with van der Waals surface area (Å²) < 4.78 is 49.4. The summed E-state index contributed by atoms with van der Waals surface area (Å²) in [5.41, 5.74) is 2.04. The Morgan fingerprint density at radius 3 is 2.11 bits per heavy atom. The van der Waals surface area contributed by atoms with E-state index in [4.69, 9.17) is 39.2 Å². The van der Waals surface area contributed by atoms with Crippen molar-refractivity contribution in [2.45, 2.75) is 83.3 Å². The number of hydrogen-bond donors (Lipinski definition) is 1. The molecule has 5 aromatic rings.